The van der Waals surface area contributed by atoms with Gasteiger partial charge in [-0.15, -0.1) is 0 Å². The number of benzene rings is 6. The molecule has 9 rings (SSSR count). The Morgan fingerprint density at radius 2 is 0.936 bits per heavy atom. The van der Waals surface area contributed by atoms with E-state index < -0.39 is 0 Å². The van der Waals surface area contributed by atoms with E-state index in [1.807, 2.05) is 54.6 Å². The average molecular weight is 602 g/mol. The van der Waals surface area contributed by atoms with Crippen molar-refractivity contribution in [2.24, 2.45) is 0 Å². The smallest absolute Gasteiger partial charge is 0.160 e. The van der Waals surface area contributed by atoms with Crippen LogP contribution in [0.25, 0.3) is 89.1 Å². The summed E-state index contributed by atoms with van der Waals surface area (Å²) in [4.78, 5) is 15.2. The summed E-state index contributed by atoms with van der Waals surface area (Å²) in [7, 11) is 0. The molecule has 0 unspecified atom stereocenters. The first-order valence-corrected chi connectivity index (χ1v) is 15.7. The molecule has 4 heteroatoms. The average Bonchev–Trinajstić information content (AvgIpc) is 3.55. The topological polar surface area (TPSA) is 51.8 Å². The van der Waals surface area contributed by atoms with Crippen LogP contribution >= 0.6 is 0 Å². The van der Waals surface area contributed by atoms with Gasteiger partial charge in [-0.1, -0.05) is 140 Å². The van der Waals surface area contributed by atoms with Gasteiger partial charge >= 0.3 is 0 Å². The van der Waals surface area contributed by atoms with Crippen LogP contribution in [0.15, 0.2) is 168 Å². The highest BCUT2D eigenvalue weighted by atomic mass is 16.3. The molecule has 47 heavy (non-hydrogen) atoms. The quantitative estimate of drug-likeness (QED) is 0.197. The van der Waals surface area contributed by atoms with E-state index in [9.17, 15) is 0 Å². The summed E-state index contributed by atoms with van der Waals surface area (Å²) in [6, 6.07) is 56.0. The van der Waals surface area contributed by atoms with Gasteiger partial charge in [-0.05, 0) is 35.4 Å². The van der Waals surface area contributed by atoms with Crippen molar-refractivity contribution in [3.05, 3.63) is 164 Å². The minimum Gasteiger partial charge on any atom is -0.455 e. The van der Waals surface area contributed by atoms with Crippen LogP contribution in [0.3, 0.4) is 0 Å². The van der Waals surface area contributed by atoms with Gasteiger partial charge < -0.3 is 4.42 Å². The van der Waals surface area contributed by atoms with E-state index in [1.54, 1.807) is 0 Å². The Hall–Kier alpha value is -6.39. The summed E-state index contributed by atoms with van der Waals surface area (Å²) < 4.78 is 6.47. The third-order valence-corrected chi connectivity index (χ3v) is 8.70. The van der Waals surface area contributed by atoms with E-state index in [-0.39, 0.29) is 0 Å². The summed E-state index contributed by atoms with van der Waals surface area (Å²) in [6.07, 6.45) is 0. The van der Waals surface area contributed by atoms with E-state index in [0.717, 1.165) is 83.3 Å². The predicted octanol–water partition coefficient (Wildman–Crippen LogP) is 11.3. The van der Waals surface area contributed by atoms with Crippen molar-refractivity contribution in [3.8, 4) is 56.3 Å². The number of rotatable bonds is 5. The molecule has 0 amide bonds. The number of aromatic nitrogens is 3. The fraction of sp³-hybridized carbons (Fsp3) is 0. The monoisotopic (exact) mass is 601 g/mol. The molecule has 3 aromatic heterocycles. The molecule has 0 N–H and O–H groups in total. The zero-order valence-corrected chi connectivity index (χ0v) is 25.3. The standard InChI is InChI=1S/C43H27N3O/c1-4-12-29(13-5-1)36-27-37(30-14-6-2-7-15-30)46-43(45-36)32-22-20-28(21-23-32)33-24-25-34-38(26-33)44-41(31-16-8-3-9-17-31)40-35-18-10-11-19-39(35)47-42(34)40/h1-27H. The third kappa shape index (κ3) is 4.84. The normalized spacial score (nSPS) is 11.4. The van der Waals surface area contributed by atoms with Gasteiger partial charge in [-0.2, -0.15) is 0 Å². The molecule has 4 nitrogen and oxygen atoms in total. The largest absolute Gasteiger partial charge is 0.455 e. The Morgan fingerprint density at radius 1 is 0.383 bits per heavy atom. The van der Waals surface area contributed by atoms with E-state index in [4.69, 9.17) is 19.4 Å². The molecular formula is C43H27N3O. The zero-order chi connectivity index (χ0) is 31.2. The number of hydrogen-bond acceptors (Lipinski definition) is 4. The van der Waals surface area contributed by atoms with Gasteiger partial charge in [0.2, 0.25) is 0 Å². The van der Waals surface area contributed by atoms with E-state index in [0.29, 0.717) is 5.82 Å². The molecule has 0 aliphatic heterocycles. The number of hydrogen-bond donors (Lipinski definition) is 0. The van der Waals surface area contributed by atoms with Crippen LogP contribution < -0.4 is 0 Å². The maximum Gasteiger partial charge on any atom is 0.160 e. The second-order valence-corrected chi connectivity index (χ2v) is 11.6. The predicted molar refractivity (Wildman–Crippen MR) is 192 cm³/mol. The summed E-state index contributed by atoms with van der Waals surface area (Å²) in [6.45, 7) is 0. The van der Waals surface area contributed by atoms with Gasteiger partial charge in [0.05, 0.1) is 28.0 Å². The molecule has 0 fully saturated rings. The molecular weight excluding hydrogens is 574 g/mol. The molecule has 0 bridgehead atoms. The molecule has 0 aliphatic rings. The highest BCUT2D eigenvalue weighted by Gasteiger charge is 2.18. The summed E-state index contributed by atoms with van der Waals surface area (Å²) in [5.41, 5.74) is 11.6. The highest BCUT2D eigenvalue weighted by Crippen LogP contribution is 2.40. The van der Waals surface area contributed by atoms with Crippen molar-refractivity contribution in [1.29, 1.82) is 0 Å². The highest BCUT2D eigenvalue weighted by molar-refractivity contribution is 6.19. The van der Waals surface area contributed by atoms with Crippen molar-refractivity contribution in [3.63, 3.8) is 0 Å². The van der Waals surface area contributed by atoms with Crippen molar-refractivity contribution in [2.45, 2.75) is 0 Å². The van der Waals surface area contributed by atoms with Gasteiger partial charge in [0, 0.05) is 33.0 Å². The van der Waals surface area contributed by atoms with Crippen molar-refractivity contribution in [2.75, 3.05) is 0 Å². The van der Waals surface area contributed by atoms with Crippen LogP contribution in [0.1, 0.15) is 0 Å². The maximum atomic E-state index is 6.47. The van der Waals surface area contributed by atoms with Crippen LogP contribution in [-0.2, 0) is 0 Å². The van der Waals surface area contributed by atoms with Gasteiger partial charge in [-0.25, -0.2) is 15.0 Å². The minimum absolute atomic E-state index is 0.691. The van der Waals surface area contributed by atoms with Gasteiger partial charge in [0.1, 0.15) is 11.2 Å². The van der Waals surface area contributed by atoms with Crippen LogP contribution in [0.2, 0.25) is 0 Å². The Morgan fingerprint density at radius 3 is 1.60 bits per heavy atom. The fourth-order valence-corrected chi connectivity index (χ4v) is 6.35. The number of furan rings is 1. The maximum absolute atomic E-state index is 6.47. The van der Waals surface area contributed by atoms with Crippen LogP contribution in [0.5, 0.6) is 0 Å². The Kier molecular flexibility index (Phi) is 6.43. The number of para-hydroxylation sites is 1. The Bertz CT molecular complexity index is 2480. The number of fused-ring (bicyclic) bond motifs is 5. The number of nitrogens with zero attached hydrogens (tertiary/aromatic N) is 3. The zero-order valence-electron chi connectivity index (χ0n) is 25.3. The third-order valence-electron chi connectivity index (χ3n) is 8.70. The van der Waals surface area contributed by atoms with E-state index in [2.05, 4.69) is 109 Å². The second kappa shape index (κ2) is 11.2. The molecule has 0 saturated heterocycles. The Balaban J connectivity index is 1.15. The summed E-state index contributed by atoms with van der Waals surface area (Å²) >= 11 is 0. The molecule has 0 aliphatic carbocycles. The molecule has 220 valence electrons. The van der Waals surface area contributed by atoms with Gasteiger partial charge in [-0.3, -0.25) is 0 Å². The second-order valence-electron chi connectivity index (χ2n) is 11.6. The first-order valence-electron chi connectivity index (χ1n) is 15.7. The fourth-order valence-electron chi connectivity index (χ4n) is 6.35. The van der Waals surface area contributed by atoms with Crippen molar-refractivity contribution in [1.82, 2.24) is 15.0 Å². The van der Waals surface area contributed by atoms with Crippen LogP contribution in [-0.4, -0.2) is 15.0 Å². The van der Waals surface area contributed by atoms with Crippen molar-refractivity contribution >= 4 is 32.8 Å². The molecule has 9 aromatic rings. The molecule has 0 radical (unpaired) electrons. The van der Waals surface area contributed by atoms with E-state index >= 15 is 0 Å². The minimum atomic E-state index is 0.691. The first kappa shape index (κ1) is 27.0. The molecule has 3 heterocycles. The summed E-state index contributed by atoms with van der Waals surface area (Å²) in [5, 5.41) is 3.12. The first-order chi connectivity index (χ1) is 23.3. The van der Waals surface area contributed by atoms with E-state index in [1.165, 1.54) is 0 Å². The van der Waals surface area contributed by atoms with Crippen molar-refractivity contribution < 1.29 is 4.42 Å². The molecule has 6 aromatic carbocycles. The molecule has 0 spiro atoms. The van der Waals surface area contributed by atoms with Crippen LogP contribution in [0, 0.1) is 0 Å². The molecule has 0 saturated carbocycles. The lowest BCUT2D eigenvalue weighted by Crippen LogP contribution is -1.96. The summed E-state index contributed by atoms with van der Waals surface area (Å²) in [5.74, 6) is 0.691. The van der Waals surface area contributed by atoms with Crippen LogP contribution in [0.4, 0.5) is 0 Å². The Labute approximate surface area is 271 Å². The lowest BCUT2D eigenvalue weighted by molar-refractivity contribution is 0.672. The van der Waals surface area contributed by atoms with Gasteiger partial charge in [0.25, 0.3) is 0 Å². The van der Waals surface area contributed by atoms with Gasteiger partial charge in [0.15, 0.2) is 5.82 Å². The molecule has 0 atom stereocenters. The lowest BCUT2D eigenvalue weighted by Gasteiger charge is -2.11. The lowest BCUT2D eigenvalue weighted by atomic mass is 9.99. The number of pyridine rings is 1. The SMILES string of the molecule is c1ccc(-c2cc(-c3ccccc3)nc(-c3ccc(-c4ccc5c(c4)nc(-c4ccccc4)c4c6ccccc6oc54)cc3)n2)cc1.